The molecule has 0 aliphatic carbocycles. The number of carbonyl (C=O) groups is 2. The van der Waals surface area contributed by atoms with Crippen molar-refractivity contribution in [3.8, 4) is 0 Å². The maximum atomic E-state index is 12.5. The molecule has 154 valence electrons. The Morgan fingerprint density at radius 1 is 1.07 bits per heavy atom. The van der Waals surface area contributed by atoms with Crippen molar-refractivity contribution in [1.29, 1.82) is 0 Å². The summed E-state index contributed by atoms with van der Waals surface area (Å²) in [6.45, 7) is 8.38. The number of piperazine rings is 1. The Bertz CT molecular complexity index is 653. The molecule has 1 aromatic carbocycles. The van der Waals surface area contributed by atoms with Crippen molar-refractivity contribution in [1.82, 2.24) is 14.7 Å². The second-order valence-corrected chi connectivity index (χ2v) is 8.34. The fraction of sp³-hybridized carbons (Fsp3) is 0.636. The van der Waals surface area contributed by atoms with Crippen LogP contribution in [0.1, 0.15) is 38.2 Å². The molecular formula is C22H34N4O2. The van der Waals surface area contributed by atoms with Crippen molar-refractivity contribution in [2.45, 2.75) is 39.2 Å². The third-order valence-electron chi connectivity index (χ3n) is 5.91. The van der Waals surface area contributed by atoms with E-state index >= 15 is 0 Å². The van der Waals surface area contributed by atoms with Gasteiger partial charge < -0.3 is 15.1 Å². The van der Waals surface area contributed by atoms with Crippen LogP contribution in [0.25, 0.3) is 0 Å². The molecule has 0 saturated carbocycles. The first-order chi connectivity index (χ1) is 13.5. The molecule has 6 heteroatoms. The number of rotatable bonds is 6. The zero-order chi connectivity index (χ0) is 19.9. The molecule has 2 fully saturated rings. The second-order valence-electron chi connectivity index (χ2n) is 8.34. The van der Waals surface area contributed by atoms with Crippen LogP contribution in [0.5, 0.6) is 0 Å². The maximum absolute atomic E-state index is 12.5. The lowest BCUT2D eigenvalue weighted by molar-refractivity contribution is -0.133. The van der Waals surface area contributed by atoms with Gasteiger partial charge in [0.15, 0.2) is 0 Å². The molecule has 0 bridgehead atoms. The van der Waals surface area contributed by atoms with Gasteiger partial charge in [-0.1, -0.05) is 12.1 Å². The molecule has 1 N–H and O–H groups in total. The fourth-order valence-corrected chi connectivity index (χ4v) is 4.23. The third-order valence-corrected chi connectivity index (χ3v) is 5.91. The van der Waals surface area contributed by atoms with Crippen LogP contribution < -0.4 is 5.32 Å². The number of hydrogen-bond acceptors (Lipinski definition) is 4. The molecule has 1 atom stereocenters. The van der Waals surface area contributed by atoms with Crippen molar-refractivity contribution >= 4 is 17.5 Å². The van der Waals surface area contributed by atoms with Gasteiger partial charge in [-0.3, -0.25) is 14.5 Å². The van der Waals surface area contributed by atoms with Crippen molar-refractivity contribution in [2.75, 3.05) is 51.6 Å². The Labute approximate surface area is 168 Å². The van der Waals surface area contributed by atoms with Gasteiger partial charge in [-0.25, -0.2) is 0 Å². The summed E-state index contributed by atoms with van der Waals surface area (Å²) in [5.74, 6) is 0.903. The summed E-state index contributed by atoms with van der Waals surface area (Å²) < 4.78 is 0. The minimum atomic E-state index is -0.0438. The van der Waals surface area contributed by atoms with Crippen LogP contribution in [0, 0.1) is 5.92 Å². The molecule has 1 aromatic rings. The maximum Gasteiger partial charge on any atom is 0.222 e. The largest absolute Gasteiger partial charge is 0.340 e. The van der Waals surface area contributed by atoms with Crippen LogP contribution >= 0.6 is 0 Å². The SMILES string of the molecule is CC(=O)Nc1ccc(CN2CCC[C@@H](CCC(=O)N3CCN(C)CC3)C2)cc1. The van der Waals surface area contributed by atoms with Gasteiger partial charge in [-0.15, -0.1) is 0 Å². The van der Waals surface area contributed by atoms with E-state index in [1.54, 1.807) is 0 Å². The molecule has 0 radical (unpaired) electrons. The van der Waals surface area contributed by atoms with E-state index in [4.69, 9.17) is 0 Å². The number of nitrogens with one attached hydrogen (secondary N) is 1. The first-order valence-corrected chi connectivity index (χ1v) is 10.5. The molecule has 0 aromatic heterocycles. The van der Waals surface area contributed by atoms with Gasteiger partial charge in [0.05, 0.1) is 0 Å². The Morgan fingerprint density at radius 3 is 2.46 bits per heavy atom. The lowest BCUT2D eigenvalue weighted by Gasteiger charge is -2.34. The van der Waals surface area contributed by atoms with Crippen LogP contribution in [0.4, 0.5) is 5.69 Å². The van der Waals surface area contributed by atoms with Crippen molar-refractivity contribution in [3.05, 3.63) is 29.8 Å². The van der Waals surface area contributed by atoms with Crippen molar-refractivity contribution in [2.24, 2.45) is 5.92 Å². The monoisotopic (exact) mass is 386 g/mol. The number of carbonyl (C=O) groups excluding carboxylic acids is 2. The Hall–Kier alpha value is -1.92. The minimum Gasteiger partial charge on any atom is -0.340 e. The normalized spacial score (nSPS) is 21.5. The first kappa shape index (κ1) is 20.8. The Kier molecular flexibility index (Phi) is 7.45. The zero-order valence-electron chi connectivity index (χ0n) is 17.3. The van der Waals surface area contributed by atoms with Crippen molar-refractivity contribution < 1.29 is 9.59 Å². The molecule has 2 aliphatic heterocycles. The van der Waals surface area contributed by atoms with Gasteiger partial charge in [0.25, 0.3) is 0 Å². The van der Waals surface area contributed by atoms with E-state index in [1.807, 2.05) is 17.0 Å². The van der Waals surface area contributed by atoms with E-state index in [2.05, 4.69) is 34.3 Å². The third kappa shape index (κ3) is 6.31. The van der Waals surface area contributed by atoms with E-state index < -0.39 is 0 Å². The van der Waals surface area contributed by atoms with Gasteiger partial charge in [-0.05, 0) is 56.5 Å². The highest BCUT2D eigenvalue weighted by Crippen LogP contribution is 2.23. The molecule has 0 spiro atoms. The molecule has 28 heavy (non-hydrogen) atoms. The van der Waals surface area contributed by atoms with Gasteiger partial charge in [0, 0.05) is 58.3 Å². The van der Waals surface area contributed by atoms with Crippen LogP contribution in [-0.2, 0) is 16.1 Å². The zero-order valence-corrected chi connectivity index (χ0v) is 17.3. The summed E-state index contributed by atoms with van der Waals surface area (Å²) in [4.78, 5) is 30.4. The predicted octanol–water partition coefficient (Wildman–Crippen LogP) is 2.41. The first-order valence-electron chi connectivity index (χ1n) is 10.5. The molecule has 6 nitrogen and oxygen atoms in total. The molecule has 2 heterocycles. The smallest absolute Gasteiger partial charge is 0.222 e. The quantitative estimate of drug-likeness (QED) is 0.816. The fourth-order valence-electron chi connectivity index (χ4n) is 4.23. The number of likely N-dealkylation sites (N-methyl/N-ethyl adjacent to an activating group) is 1. The van der Waals surface area contributed by atoms with E-state index in [9.17, 15) is 9.59 Å². The topological polar surface area (TPSA) is 55.9 Å². The van der Waals surface area contributed by atoms with Crippen LogP contribution in [0.2, 0.25) is 0 Å². The number of amides is 2. The van der Waals surface area contributed by atoms with Gasteiger partial charge in [0.2, 0.25) is 11.8 Å². The lowest BCUT2D eigenvalue weighted by atomic mass is 9.92. The number of piperidine rings is 1. The number of anilines is 1. The molecule has 2 amide bonds. The minimum absolute atomic E-state index is 0.0438. The Morgan fingerprint density at radius 2 is 1.79 bits per heavy atom. The number of nitrogens with zero attached hydrogens (tertiary/aromatic N) is 3. The van der Waals surface area contributed by atoms with E-state index in [0.717, 1.165) is 57.9 Å². The van der Waals surface area contributed by atoms with Crippen LogP contribution in [-0.4, -0.2) is 72.8 Å². The van der Waals surface area contributed by atoms with Crippen molar-refractivity contribution in [3.63, 3.8) is 0 Å². The summed E-state index contributed by atoms with van der Waals surface area (Å²) in [5, 5.41) is 2.81. The summed E-state index contributed by atoms with van der Waals surface area (Å²) in [5.41, 5.74) is 2.11. The number of hydrogen-bond donors (Lipinski definition) is 1. The summed E-state index contributed by atoms with van der Waals surface area (Å²) in [7, 11) is 2.12. The number of benzene rings is 1. The van der Waals surface area contributed by atoms with E-state index in [0.29, 0.717) is 18.2 Å². The molecule has 0 unspecified atom stereocenters. The predicted molar refractivity (Wildman–Crippen MR) is 112 cm³/mol. The standard InChI is InChI=1S/C22H34N4O2/c1-18(27)23-21-8-5-20(6-9-21)17-25-11-3-4-19(16-25)7-10-22(28)26-14-12-24(2)13-15-26/h5-6,8-9,19H,3-4,7,10-17H2,1-2H3,(H,23,27)/t19-/m0/s1. The summed E-state index contributed by atoms with van der Waals surface area (Å²) in [6.07, 6.45) is 4.13. The highest BCUT2D eigenvalue weighted by molar-refractivity contribution is 5.88. The average molecular weight is 387 g/mol. The summed E-state index contributed by atoms with van der Waals surface area (Å²) in [6, 6.07) is 8.11. The molecular weight excluding hydrogens is 352 g/mol. The molecule has 3 rings (SSSR count). The molecule has 2 aliphatic rings. The van der Waals surface area contributed by atoms with E-state index in [-0.39, 0.29) is 5.91 Å². The number of likely N-dealkylation sites (tertiary alicyclic amines) is 1. The lowest BCUT2D eigenvalue weighted by Crippen LogP contribution is -2.47. The van der Waals surface area contributed by atoms with E-state index in [1.165, 1.54) is 25.3 Å². The Balaban J connectivity index is 1.42. The second kappa shape index (κ2) is 10.0. The van der Waals surface area contributed by atoms with Gasteiger partial charge in [0.1, 0.15) is 0 Å². The van der Waals surface area contributed by atoms with Gasteiger partial charge in [-0.2, -0.15) is 0 Å². The average Bonchev–Trinajstić information content (AvgIpc) is 2.68. The van der Waals surface area contributed by atoms with Gasteiger partial charge >= 0.3 is 0 Å². The highest BCUT2D eigenvalue weighted by atomic mass is 16.2. The summed E-state index contributed by atoms with van der Waals surface area (Å²) >= 11 is 0. The van der Waals surface area contributed by atoms with Crippen LogP contribution in [0.15, 0.2) is 24.3 Å². The molecule has 2 saturated heterocycles. The highest BCUT2D eigenvalue weighted by Gasteiger charge is 2.23. The van der Waals surface area contributed by atoms with Crippen LogP contribution in [0.3, 0.4) is 0 Å².